The van der Waals surface area contributed by atoms with E-state index in [4.69, 9.17) is 0 Å². The monoisotopic (exact) mass is 237 g/mol. The molecule has 0 amide bonds. The van der Waals surface area contributed by atoms with Gasteiger partial charge in [-0.3, -0.25) is 0 Å². The van der Waals surface area contributed by atoms with E-state index in [9.17, 15) is 0 Å². The van der Waals surface area contributed by atoms with Gasteiger partial charge in [0, 0.05) is 17.3 Å². The Morgan fingerprint density at radius 3 is 2.94 bits per heavy atom. The summed E-state index contributed by atoms with van der Waals surface area (Å²) in [5, 5.41) is 17.4. The van der Waals surface area contributed by atoms with E-state index in [2.05, 4.69) is 38.2 Å². The van der Waals surface area contributed by atoms with E-state index in [0.29, 0.717) is 6.04 Å². The summed E-state index contributed by atoms with van der Waals surface area (Å²) in [6, 6.07) is 4.59. The molecule has 0 aromatic carbocycles. The van der Waals surface area contributed by atoms with E-state index in [1.165, 1.54) is 9.67 Å². The number of likely N-dealkylation sites (N-methyl/N-ethyl adjacent to an activating group) is 1. The van der Waals surface area contributed by atoms with E-state index in [1.807, 2.05) is 7.05 Å². The lowest BCUT2D eigenvalue weighted by Gasteiger charge is -2.12. The fourth-order valence-corrected chi connectivity index (χ4v) is 2.36. The van der Waals surface area contributed by atoms with Crippen molar-refractivity contribution in [2.24, 2.45) is 7.05 Å². The Bertz CT molecular complexity index is 422. The smallest absolute Gasteiger partial charge is 0.176 e. The van der Waals surface area contributed by atoms with Crippen LogP contribution in [0.3, 0.4) is 0 Å². The highest BCUT2D eigenvalue weighted by Gasteiger charge is 2.12. The molecule has 0 radical (unpaired) electrons. The van der Waals surface area contributed by atoms with E-state index in [1.54, 1.807) is 18.4 Å². The molecule has 0 aliphatic rings. The molecule has 5 nitrogen and oxygen atoms in total. The molecule has 0 fully saturated rings. The second-order valence-corrected chi connectivity index (χ2v) is 4.70. The van der Waals surface area contributed by atoms with Crippen molar-refractivity contribution in [3.63, 3.8) is 0 Å². The highest BCUT2D eigenvalue weighted by molar-refractivity contribution is 7.09. The summed E-state index contributed by atoms with van der Waals surface area (Å²) in [5.74, 6) is 0.790. The van der Waals surface area contributed by atoms with Crippen molar-refractivity contribution >= 4 is 11.3 Å². The first-order valence-electron chi connectivity index (χ1n) is 5.20. The third kappa shape index (κ3) is 2.86. The maximum absolute atomic E-state index is 4.19. The van der Waals surface area contributed by atoms with Crippen molar-refractivity contribution in [1.82, 2.24) is 25.5 Å². The third-order valence-corrected chi connectivity index (χ3v) is 3.31. The number of nitrogens with zero attached hydrogens (tertiary/aromatic N) is 4. The maximum atomic E-state index is 4.19. The number of hydrogen-bond acceptors (Lipinski definition) is 5. The first-order valence-corrected chi connectivity index (χ1v) is 6.08. The van der Waals surface area contributed by atoms with Crippen LogP contribution in [0.1, 0.15) is 10.7 Å². The molecule has 2 heterocycles. The predicted octanol–water partition coefficient (Wildman–Crippen LogP) is 0.645. The molecule has 1 atom stereocenters. The minimum atomic E-state index is 0.364. The first kappa shape index (κ1) is 11.2. The molecule has 16 heavy (non-hydrogen) atoms. The Balaban J connectivity index is 1.95. The Morgan fingerprint density at radius 1 is 1.50 bits per heavy atom. The zero-order valence-electron chi connectivity index (χ0n) is 9.42. The normalized spacial score (nSPS) is 12.9. The van der Waals surface area contributed by atoms with Crippen LogP contribution < -0.4 is 5.32 Å². The van der Waals surface area contributed by atoms with Gasteiger partial charge in [-0.1, -0.05) is 6.07 Å². The molecule has 0 aliphatic carbocycles. The lowest BCUT2D eigenvalue weighted by molar-refractivity contribution is 0.543. The molecule has 2 aromatic heterocycles. The third-order valence-electron chi connectivity index (χ3n) is 2.41. The van der Waals surface area contributed by atoms with Crippen molar-refractivity contribution in [2.75, 3.05) is 7.05 Å². The van der Waals surface area contributed by atoms with Crippen molar-refractivity contribution in [2.45, 2.75) is 18.9 Å². The van der Waals surface area contributed by atoms with E-state index < -0.39 is 0 Å². The number of aryl methyl sites for hydroxylation is 1. The minimum Gasteiger partial charge on any atom is -0.316 e. The summed E-state index contributed by atoms with van der Waals surface area (Å²) in [7, 11) is 3.75. The van der Waals surface area contributed by atoms with Gasteiger partial charge in [-0.2, -0.15) is 4.80 Å². The molecule has 0 saturated carbocycles. The summed E-state index contributed by atoms with van der Waals surface area (Å²) < 4.78 is 0. The van der Waals surface area contributed by atoms with Gasteiger partial charge in [0.1, 0.15) is 0 Å². The van der Waals surface area contributed by atoms with Crippen LogP contribution in [-0.4, -0.2) is 33.3 Å². The molecule has 0 spiro atoms. The summed E-state index contributed by atoms with van der Waals surface area (Å²) in [5.41, 5.74) is 0. The standard InChI is InChI=1S/C10H15N5S/c1-11-8(6-9-4-3-5-16-9)7-10-12-14-15(2)13-10/h3-5,8,11H,6-7H2,1-2H3. The molecule has 6 heteroatoms. The van der Waals surface area contributed by atoms with Crippen LogP contribution in [0.2, 0.25) is 0 Å². The molecule has 1 N–H and O–H groups in total. The summed E-state index contributed by atoms with van der Waals surface area (Å²) in [6.45, 7) is 0. The Hall–Kier alpha value is -1.27. The van der Waals surface area contributed by atoms with Gasteiger partial charge in [-0.25, -0.2) is 0 Å². The second kappa shape index (κ2) is 5.18. The Morgan fingerprint density at radius 2 is 2.38 bits per heavy atom. The maximum Gasteiger partial charge on any atom is 0.176 e. The number of aromatic nitrogens is 4. The first-order chi connectivity index (χ1) is 7.78. The van der Waals surface area contributed by atoms with Gasteiger partial charge in [0.25, 0.3) is 0 Å². The Labute approximate surface area is 98.5 Å². The van der Waals surface area contributed by atoms with Crippen LogP contribution in [0.25, 0.3) is 0 Å². The fraction of sp³-hybridized carbons (Fsp3) is 0.500. The SMILES string of the molecule is CNC(Cc1nnn(C)n1)Cc1cccs1. The Kier molecular flexibility index (Phi) is 3.63. The average molecular weight is 237 g/mol. The highest BCUT2D eigenvalue weighted by Crippen LogP contribution is 2.12. The number of tetrazole rings is 1. The molecular weight excluding hydrogens is 222 g/mol. The second-order valence-electron chi connectivity index (χ2n) is 3.67. The topological polar surface area (TPSA) is 55.6 Å². The van der Waals surface area contributed by atoms with Gasteiger partial charge in [0.05, 0.1) is 7.05 Å². The van der Waals surface area contributed by atoms with Crippen molar-refractivity contribution in [3.8, 4) is 0 Å². The number of nitrogens with one attached hydrogen (secondary N) is 1. The van der Waals surface area contributed by atoms with Gasteiger partial charge < -0.3 is 5.32 Å². The van der Waals surface area contributed by atoms with Crippen LogP contribution in [0.15, 0.2) is 17.5 Å². The van der Waals surface area contributed by atoms with Gasteiger partial charge in [-0.05, 0) is 30.1 Å². The van der Waals surface area contributed by atoms with E-state index in [0.717, 1.165) is 18.7 Å². The fourth-order valence-electron chi connectivity index (χ4n) is 1.57. The molecule has 1 unspecified atom stereocenters. The molecule has 2 aromatic rings. The quantitative estimate of drug-likeness (QED) is 0.829. The van der Waals surface area contributed by atoms with Gasteiger partial charge >= 0.3 is 0 Å². The van der Waals surface area contributed by atoms with Gasteiger partial charge in [0.15, 0.2) is 5.82 Å². The minimum absolute atomic E-state index is 0.364. The molecule has 2 rings (SSSR count). The molecule has 0 bridgehead atoms. The molecule has 0 aliphatic heterocycles. The lowest BCUT2D eigenvalue weighted by atomic mass is 10.1. The van der Waals surface area contributed by atoms with Gasteiger partial charge in [0.2, 0.25) is 0 Å². The number of rotatable bonds is 5. The molecular formula is C10H15N5S. The van der Waals surface area contributed by atoms with Crippen molar-refractivity contribution in [3.05, 3.63) is 28.2 Å². The zero-order chi connectivity index (χ0) is 11.4. The molecule has 0 saturated heterocycles. The van der Waals surface area contributed by atoms with Crippen LogP contribution in [0.4, 0.5) is 0 Å². The summed E-state index contributed by atoms with van der Waals surface area (Å²) in [4.78, 5) is 2.87. The van der Waals surface area contributed by atoms with E-state index >= 15 is 0 Å². The highest BCUT2D eigenvalue weighted by atomic mass is 32.1. The van der Waals surface area contributed by atoms with E-state index in [-0.39, 0.29) is 0 Å². The van der Waals surface area contributed by atoms with Crippen molar-refractivity contribution in [1.29, 1.82) is 0 Å². The lowest BCUT2D eigenvalue weighted by Crippen LogP contribution is -2.30. The van der Waals surface area contributed by atoms with Gasteiger partial charge in [-0.15, -0.1) is 21.5 Å². The number of hydrogen-bond donors (Lipinski definition) is 1. The van der Waals surface area contributed by atoms with Crippen LogP contribution >= 0.6 is 11.3 Å². The predicted molar refractivity (Wildman–Crippen MR) is 63.4 cm³/mol. The summed E-state index contributed by atoms with van der Waals surface area (Å²) in [6.07, 6.45) is 1.81. The summed E-state index contributed by atoms with van der Waals surface area (Å²) >= 11 is 1.78. The molecule has 86 valence electrons. The van der Waals surface area contributed by atoms with Crippen molar-refractivity contribution < 1.29 is 0 Å². The van der Waals surface area contributed by atoms with Crippen LogP contribution in [0, 0.1) is 0 Å². The number of thiophene rings is 1. The average Bonchev–Trinajstić information content (AvgIpc) is 2.89. The van der Waals surface area contributed by atoms with Crippen LogP contribution in [0.5, 0.6) is 0 Å². The van der Waals surface area contributed by atoms with Crippen LogP contribution in [-0.2, 0) is 19.9 Å². The zero-order valence-corrected chi connectivity index (χ0v) is 10.2. The largest absolute Gasteiger partial charge is 0.316 e.